The molecular weight excluding hydrogens is 432 g/mol. The summed E-state index contributed by atoms with van der Waals surface area (Å²) >= 11 is 2.63. The molecule has 0 saturated carbocycles. The number of esters is 1. The molecule has 0 radical (unpaired) electrons. The first kappa shape index (κ1) is 22.8. The summed E-state index contributed by atoms with van der Waals surface area (Å²) in [6.07, 6.45) is 1.77. The number of ether oxygens (including phenoxy) is 1. The Morgan fingerprint density at radius 1 is 1.29 bits per heavy atom. The van der Waals surface area contributed by atoms with Gasteiger partial charge in [-0.15, -0.1) is 28.1 Å². The number of rotatable bonds is 9. The third-order valence-corrected chi connectivity index (χ3v) is 6.28. The average molecular weight is 457 g/mol. The molecule has 31 heavy (non-hydrogen) atoms. The Bertz CT molecular complexity index is 1100. The standard InChI is InChI=1S/C22H24N4O3S2/c1-5-11-26-19(16-10-8-7-9-14(16)3)24-25-22(26)30-13-18(27)23-20-17(12-15(4)31-20)21(28)29-6-2/h5,7-10,12H,1,6,11,13H2,2-4H3,(H,23,27). The number of carbonyl (C=O) groups is 2. The van der Waals surface area contributed by atoms with E-state index in [1.165, 1.54) is 23.1 Å². The molecule has 0 spiro atoms. The third-order valence-electron chi connectivity index (χ3n) is 4.35. The van der Waals surface area contributed by atoms with Gasteiger partial charge in [0.25, 0.3) is 0 Å². The predicted octanol–water partition coefficient (Wildman–Crippen LogP) is 4.72. The fraction of sp³-hybridized carbons (Fsp3) is 0.273. The zero-order chi connectivity index (χ0) is 22.4. The summed E-state index contributed by atoms with van der Waals surface area (Å²) in [7, 11) is 0. The van der Waals surface area contributed by atoms with E-state index in [9.17, 15) is 9.59 Å². The van der Waals surface area contributed by atoms with Crippen LogP contribution in [0.2, 0.25) is 0 Å². The average Bonchev–Trinajstić information content (AvgIpc) is 3.30. The highest BCUT2D eigenvalue weighted by molar-refractivity contribution is 7.99. The smallest absolute Gasteiger partial charge is 0.341 e. The Labute approximate surface area is 189 Å². The van der Waals surface area contributed by atoms with Gasteiger partial charge in [-0.25, -0.2) is 4.79 Å². The number of hydrogen-bond donors (Lipinski definition) is 1. The maximum absolute atomic E-state index is 12.6. The van der Waals surface area contributed by atoms with E-state index in [1.807, 2.05) is 42.7 Å². The zero-order valence-corrected chi connectivity index (χ0v) is 19.3. The summed E-state index contributed by atoms with van der Waals surface area (Å²) in [5.74, 6) is 0.188. The van der Waals surface area contributed by atoms with E-state index in [0.717, 1.165) is 21.8 Å². The van der Waals surface area contributed by atoms with Crippen LogP contribution < -0.4 is 5.32 Å². The predicted molar refractivity (Wildman–Crippen MR) is 125 cm³/mol. The molecule has 2 heterocycles. The van der Waals surface area contributed by atoms with Crippen LogP contribution >= 0.6 is 23.1 Å². The summed E-state index contributed by atoms with van der Waals surface area (Å²) in [6, 6.07) is 9.67. The first-order chi connectivity index (χ1) is 14.9. The van der Waals surface area contributed by atoms with Crippen LogP contribution in [0.25, 0.3) is 11.4 Å². The van der Waals surface area contributed by atoms with E-state index in [-0.39, 0.29) is 18.3 Å². The molecule has 3 aromatic rings. The molecule has 7 nitrogen and oxygen atoms in total. The monoisotopic (exact) mass is 456 g/mol. The first-order valence-corrected chi connectivity index (χ1v) is 11.5. The maximum Gasteiger partial charge on any atom is 0.341 e. The number of hydrogen-bond acceptors (Lipinski definition) is 7. The lowest BCUT2D eigenvalue weighted by Crippen LogP contribution is -2.16. The molecule has 0 saturated heterocycles. The summed E-state index contributed by atoms with van der Waals surface area (Å²) in [4.78, 5) is 25.6. The van der Waals surface area contributed by atoms with Gasteiger partial charge in [0.15, 0.2) is 11.0 Å². The quantitative estimate of drug-likeness (QED) is 0.285. The van der Waals surface area contributed by atoms with E-state index in [2.05, 4.69) is 22.1 Å². The summed E-state index contributed by atoms with van der Waals surface area (Å²) in [6.45, 7) is 10.3. The van der Waals surface area contributed by atoms with E-state index in [4.69, 9.17) is 4.74 Å². The first-order valence-electron chi connectivity index (χ1n) is 9.74. The van der Waals surface area contributed by atoms with E-state index in [0.29, 0.717) is 22.3 Å². The Hall–Kier alpha value is -2.91. The van der Waals surface area contributed by atoms with E-state index >= 15 is 0 Å². The fourth-order valence-corrected chi connectivity index (χ4v) is 4.64. The number of amides is 1. The molecule has 0 aliphatic heterocycles. The van der Waals surface area contributed by atoms with Crippen LogP contribution in [0.3, 0.4) is 0 Å². The van der Waals surface area contributed by atoms with Crippen molar-refractivity contribution in [1.82, 2.24) is 14.8 Å². The molecule has 0 atom stereocenters. The number of benzene rings is 1. The molecule has 0 aliphatic carbocycles. The van der Waals surface area contributed by atoms with Crippen molar-refractivity contribution in [3.8, 4) is 11.4 Å². The topological polar surface area (TPSA) is 86.1 Å². The highest BCUT2D eigenvalue weighted by Crippen LogP contribution is 2.30. The number of allylic oxidation sites excluding steroid dienone is 1. The highest BCUT2D eigenvalue weighted by atomic mass is 32.2. The minimum absolute atomic E-state index is 0.127. The minimum atomic E-state index is -0.441. The van der Waals surface area contributed by atoms with Crippen molar-refractivity contribution < 1.29 is 14.3 Å². The SMILES string of the molecule is C=CCn1c(SCC(=O)Nc2sc(C)cc2C(=O)OCC)nnc1-c1ccccc1C. The van der Waals surface area contributed by atoms with E-state index in [1.54, 1.807) is 19.1 Å². The van der Waals surface area contributed by atoms with Gasteiger partial charge in [0.1, 0.15) is 5.00 Å². The van der Waals surface area contributed by atoms with Crippen molar-refractivity contribution in [2.75, 3.05) is 17.7 Å². The summed E-state index contributed by atoms with van der Waals surface area (Å²) in [5.41, 5.74) is 2.45. The normalized spacial score (nSPS) is 10.7. The molecule has 162 valence electrons. The van der Waals surface area contributed by atoms with Gasteiger partial charge in [-0.3, -0.25) is 9.36 Å². The molecule has 0 bridgehead atoms. The molecule has 1 N–H and O–H groups in total. The van der Waals surface area contributed by atoms with Crippen LogP contribution in [0, 0.1) is 13.8 Å². The third kappa shape index (κ3) is 5.42. The van der Waals surface area contributed by atoms with Crippen molar-refractivity contribution in [2.45, 2.75) is 32.5 Å². The molecule has 3 rings (SSSR count). The number of thiophene rings is 1. The van der Waals surface area contributed by atoms with Crippen molar-refractivity contribution in [3.05, 3.63) is 59.0 Å². The van der Waals surface area contributed by atoms with Gasteiger partial charge in [-0.05, 0) is 32.4 Å². The van der Waals surface area contributed by atoms with Crippen molar-refractivity contribution in [2.24, 2.45) is 0 Å². The minimum Gasteiger partial charge on any atom is -0.462 e. The second kappa shape index (κ2) is 10.4. The summed E-state index contributed by atoms with van der Waals surface area (Å²) < 4.78 is 7.01. The number of thioether (sulfide) groups is 1. The van der Waals surface area contributed by atoms with Gasteiger partial charge in [-0.1, -0.05) is 42.1 Å². The van der Waals surface area contributed by atoms with Crippen LogP contribution in [-0.4, -0.2) is 39.0 Å². The number of nitrogens with zero attached hydrogens (tertiary/aromatic N) is 3. The molecular formula is C22H24N4O3S2. The summed E-state index contributed by atoms with van der Waals surface area (Å²) in [5, 5.41) is 12.6. The van der Waals surface area contributed by atoms with Crippen LogP contribution in [0.15, 0.2) is 48.1 Å². The molecule has 1 amide bonds. The van der Waals surface area contributed by atoms with Gasteiger partial charge < -0.3 is 10.1 Å². The molecule has 2 aromatic heterocycles. The lowest BCUT2D eigenvalue weighted by molar-refractivity contribution is -0.113. The van der Waals surface area contributed by atoms with Gasteiger partial charge in [0.05, 0.1) is 17.9 Å². The number of nitrogens with one attached hydrogen (secondary N) is 1. The Balaban J connectivity index is 1.73. The van der Waals surface area contributed by atoms with Crippen molar-refractivity contribution >= 4 is 40.0 Å². The number of aryl methyl sites for hydroxylation is 2. The Kier molecular flexibility index (Phi) is 7.64. The van der Waals surface area contributed by atoms with Gasteiger partial charge in [0, 0.05) is 17.0 Å². The van der Waals surface area contributed by atoms with Gasteiger partial charge >= 0.3 is 5.97 Å². The Morgan fingerprint density at radius 3 is 2.77 bits per heavy atom. The lowest BCUT2D eigenvalue weighted by Gasteiger charge is -2.09. The van der Waals surface area contributed by atoms with Gasteiger partial charge in [0.2, 0.25) is 5.91 Å². The number of anilines is 1. The lowest BCUT2D eigenvalue weighted by atomic mass is 10.1. The van der Waals surface area contributed by atoms with Crippen LogP contribution in [0.5, 0.6) is 0 Å². The molecule has 0 aliphatic rings. The largest absolute Gasteiger partial charge is 0.462 e. The molecule has 0 unspecified atom stereocenters. The maximum atomic E-state index is 12.6. The van der Waals surface area contributed by atoms with Crippen LogP contribution in [0.1, 0.15) is 27.7 Å². The highest BCUT2D eigenvalue weighted by Gasteiger charge is 2.19. The Morgan fingerprint density at radius 2 is 2.06 bits per heavy atom. The fourth-order valence-electron chi connectivity index (χ4n) is 2.97. The molecule has 0 fully saturated rings. The van der Waals surface area contributed by atoms with Crippen LogP contribution in [-0.2, 0) is 16.1 Å². The van der Waals surface area contributed by atoms with Gasteiger partial charge in [-0.2, -0.15) is 0 Å². The second-order valence-corrected chi connectivity index (χ2v) is 8.88. The second-order valence-electron chi connectivity index (χ2n) is 6.68. The molecule has 9 heteroatoms. The van der Waals surface area contributed by atoms with Crippen molar-refractivity contribution in [1.29, 1.82) is 0 Å². The van der Waals surface area contributed by atoms with Crippen LogP contribution in [0.4, 0.5) is 5.00 Å². The van der Waals surface area contributed by atoms with E-state index < -0.39 is 5.97 Å². The zero-order valence-electron chi connectivity index (χ0n) is 17.7. The number of carbonyl (C=O) groups excluding carboxylic acids is 2. The number of aromatic nitrogens is 3. The van der Waals surface area contributed by atoms with Crippen molar-refractivity contribution in [3.63, 3.8) is 0 Å². The molecule has 1 aromatic carbocycles.